The minimum absolute atomic E-state index is 0.712. The highest BCUT2D eigenvalue weighted by molar-refractivity contribution is 7.00. The lowest BCUT2D eigenvalue weighted by molar-refractivity contribution is 0.414. The summed E-state index contributed by atoms with van der Waals surface area (Å²) in [6.07, 6.45) is 0. The molecule has 0 radical (unpaired) electrons. The molecule has 0 saturated heterocycles. The van der Waals surface area contributed by atoms with Crippen LogP contribution in [-0.2, 0) is 0 Å². The highest BCUT2D eigenvalue weighted by Crippen LogP contribution is 2.32. The summed E-state index contributed by atoms with van der Waals surface area (Å²) < 4.78 is 19.3. The molecule has 0 unspecified atom stereocenters. The third kappa shape index (κ3) is 2.78. The molecular formula is C18H14N4O2S. The lowest BCUT2D eigenvalue weighted by atomic mass is 10.1. The van der Waals surface area contributed by atoms with E-state index in [2.05, 4.69) is 18.9 Å². The average molecular weight is 350 g/mol. The Hall–Kier alpha value is -3.06. The number of benzene rings is 2. The topological polar surface area (TPSA) is 70.0 Å². The maximum Gasteiger partial charge on any atom is 0.135 e. The van der Waals surface area contributed by atoms with Crippen molar-refractivity contribution in [2.45, 2.75) is 0 Å². The summed E-state index contributed by atoms with van der Waals surface area (Å²) in [5.74, 6) is 1.58. The number of rotatable bonds is 4. The van der Waals surface area contributed by atoms with Crippen molar-refractivity contribution in [1.82, 2.24) is 18.9 Å². The quantitative estimate of drug-likeness (QED) is 0.557. The monoisotopic (exact) mass is 350 g/mol. The fraction of sp³-hybridized carbons (Fsp3) is 0.111. The van der Waals surface area contributed by atoms with Crippen molar-refractivity contribution in [3.63, 3.8) is 0 Å². The molecule has 25 heavy (non-hydrogen) atoms. The van der Waals surface area contributed by atoms with Gasteiger partial charge in [0.15, 0.2) is 0 Å². The number of methoxy groups -OCH3 is 2. The number of nitrogens with zero attached hydrogens (tertiary/aromatic N) is 4. The molecule has 0 aliphatic heterocycles. The fourth-order valence-electron chi connectivity index (χ4n) is 2.58. The zero-order chi connectivity index (χ0) is 17.2. The van der Waals surface area contributed by atoms with Gasteiger partial charge in [0.1, 0.15) is 33.9 Å². The molecule has 0 amide bonds. The van der Waals surface area contributed by atoms with Gasteiger partial charge in [0.25, 0.3) is 0 Å². The lowest BCUT2D eigenvalue weighted by Gasteiger charge is -2.06. The maximum atomic E-state index is 5.20. The third-order valence-corrected chi connectivity index (χ3v) is 4.44. The van der Waals surface area contributed by atoms with Gasteiger partial charge in [-0.2, -0.15) is 8.75 Å². The molecule has 2 aromatic heterocycles. The zero-order valence-corrected chi connectivity index (χ0v) is 14.4. The van der Waals surface area contributed by atoms with E-state index in [-0.39, 0.29) is 0 Å². The van der Waals surface area contributed by atoms with Crippen molar-refractivity contribution in [1.29, 1.82) is 0 Å². The maximum absolute atomic E-state index is 5.20. The molecule has 0 aliphatic carbocycles. The number of hydrogen-bond acceptors (Lipinski definition) is 7. The van der Waals surface area contributed by atoms with Crippen molar-refractivity contribution in [2.24, 2.45) is 0 Å². The Balaban J connectivity index is 1.82. The molecule has 0 fully saturated rings. The van der Waals surface area contributed by atoms with Gasteiger partial charge in [0.2, 0.25) is 0 Å². The average Bonchev–Trinajstić information content (AvgIpc) is 3.17. The Morgan fingerprint density at radius 2 is 1.04 bits per heavy atom. The molecule has 0 atom stereocenters. The summed E-state index contributed by atoms with van der Waals surface area (Å²) in [4.78, 5) is 0. The van der Waals surface area contributed by atoms with Crippen LogP contribution in [0.4, 0.5) is 0 Å². The lowest BCUT2D eigenvalue weighted by Crippen LogP contribution is -1.95. The van der Waals surface area contributed by atoms with E-state index in [1.54, 1.807) is 14.2 Å². The van der Waals surface area contributed by atoms with Crippen LogP contribution in [0.2, 0.25) is 0 Å². The third-order valence-electron chi connectivity index (χ3n) is 3.91. The second kappa shape index (κ2) is 6.45. The number of aromatic nitrogens is 4. The van der Waals surface area contributed by atoms with Gasteiger partial charge in [0, 0.05) is 11.1 Å². The van der Waals surface area contributed by atoms with Gasteiger partial charge in [-0.3, -0.25) is 0 Å². The van der Waals surface area contributed by atoms with Crippen LogP contribution < -0.4 is 9.47 Å². The van der Waals surface area contributed by atoms with Crippen LogP contribution in [0.25, 0.3) is 33.5 Å². The molecule has 7 heteroatoms. The Morgan fingerprint density at radius 3 is 1.40 bits per heavy atom. The largest absolute Gasteiger partial charge is 0.497 e. The van der Waals surface area contributed by atoms with E-state index in [1.165, 1.54) is 0 Å². The molecule has 124 valence electrons. The Kier molecular flexibility index (Phi) is 3.99. The van der Waals surface area contributed by atoms with E-state index < -0.39 is 0 Å². The molecule has 0 bridgehead atoms. The van der Waals surface area contributed by atoms with Crippen LogP contribution in [0.5, 0.6) is 11.5 Å². The standard InChI is InChI=1S/C18H14N4O2S/c1-23-13-7-3-11(4-8-13)15-17-18(22-25-21-17)16(20-19-15)12-5-9-14(24-2)10-6-12/h3-10H,1-2H3. The van der Waals surface area contributed by atoms with E-state index in [9.17, 15) is 0 Å². The van der Waals surface area contributed by atoms with Gasteiger partial charge in [-0.15, -0.1) is 10.2 Å². The Bertz CT molecular complexity index is 932. The molecule has 6 nitrogen and oxygen atoms in total. The minimum atomic E-state index is 0.712. The first kappa shape index (κ1) is 15.5. The van der Waals surface area contributed by atoms with E-state index in [1.807, 2.05) is 48.5 Å². The molecule has 4 rings (SSSR count). The first-order valence-corrected chi connectivity index (χ1v) is 8.31. The minimum Gasteiger partial charge on any atom is -0.497 e. The highest BCUT2D eigenvalue weighted by Gasteiger charge is 2.16. The molecule has 0 N–H and O–H groups in total. The van der Waals surface area contributed by atoms with Crippen molar-refractivity contribution in [3.05, 3.63) is 48.5 Å². The first-order valence-electron chi connectivity index (χ1n) is 7.58. The fourth-order valence-corrected chi connectivity index (χ4v) is 3.13. The zero-order valence-electron chi connectivity index (χ0n) is 13.6. The Morgan fingerprint density at radius 1 is 0.640 bits per heavy atom. The predicted octanol–water partition coefficient (Wildman–Crippen LogP) is 3.83. The molecule has 4 aromatic rings. The molecule has 0 aliphatic rings. The van der Waals surface area contributed by atoms with E-state index in [0.717, 1.165) is 45.4 Å². The summed E-state index contributed by atoms with van der Waals surface area (Å²) in [7, 11) is 3.28. The summed E-state index contributed by atoms with van der Waals surface area (Å²) in [6.45, 7) is 0. The SMILES string of the molecule is COc1ccc(-c2nnc(-c3ccc(OC)cc3)c3nsnc23)cc1. The van der Waals surface area contributed by atoms with Gasteiger partial charge in [-0.25, -0.2) is 0 Å². The van der Waals surface area contributed by atoms with Crippen molar-refractivity contribution >= 4 is 22.8 Å². The Labute approximate surface area is 148 Å². The van der Waals surface area contributed by atoms with Crippen LogP contribution in [0.3, 0.4) is 0 Å². The second-order valence-corrected chi connectivity index (χ2v) is 5.84. The molecule has 2 aromatic carbocycles. The summed E-state index contributed by atoms with van der Waals surface area (Å²) in [5, 5.41) is 8.81. The van der Waals surface area contributed by atoms with Crippen LogP contribution in [0, 0.1) is 0 Å². The summed E-state index contributed by atoms with van der Waals surface area (Å²) in [5.41, 5.74) is 4.76. The summed E-state index contributed by atoms with van der Waals surface area (Å²) in [6, 6.07) is 15.3. The van der Waals surface area contributed by atoms with Crippen LogP contribution >= 0.6 is 11.7 Å². The second-order valence-electron chi connectivity index (χ2n) is 5.32. The van der Waals surface area contributed by atoms with Gasteiger partial charge >= 0.3 is 0 Å². The van der Waals surface area contributed by atoms with Crippen LogP contribution in [0.1, 0.15) is 0 Å². The normalized spacial score (nSPS) is 10.8. The molecule has 0 spiro atoms. The van der Waals surface area contributed by atoms with E-state index >= 15 is 0 Å². The summed E-state index contributed by atoms with van der Waals surface area (Å²) >= 11 is 1.16. The van der Waals surface area contributed by atoms with Gasteiger partial charge in [-0.05, 0) is 48.5 Å². The van der Waals surface area contributed by atoms with E-state index in [4.69, 9.17) is 9.47 Å². The smallest absolute Gasteiger partial charge is 0.135 e. The van der Waals surface area contributed by atoms with Gasteiger partial charge in [0.05, 0.1) is 25.9 Å². The van der Waals surface area contributed by atoms with Crippen molar-refractivity contribution < 1.29 is 9.47 Å². The van der Waals surface area contributed by atoms with Gasteiger partial charge in [-0.1, -0.05) is 0 Å². The number of fused-ring (bicyclic) bond motifs is 1. The first-order chi connectivity index (χ1) is 12.3. The van der Waals surface area contributed by atoms with Gasteiger partial charge < -0.3 is 9.47 Å². The van der Waals surface area contributed by atoms with E-state index in [0.29, 0.717) is 11.4 Å². The van der Waals surface area contributed by atoms with Crippen LogP contribution in [0.15, 0.2) is 48.5 Å². The molecular weight excluding hydrogens is 336 g/mol. The van der Waals surface area contributed by atoms with Crippen molar-refractivity contribution in [2.75, 3.05) is 14.2 Å². The van der Waals surface area contributed by atoms with Crippen molar-refractivity contribution in [3.8, 4) is 34.0 Å². The number of ether oxygens (including phenoxy) is 2. The predicted molar refractivity (Wildman–Crippen MR) is 97.0 cm³/mol. The van der Waals surface area contributed by atoms with Crippen LogP contribution in [-0.4, -0.2) is 33.2 Å². The molecule has 2 heterocycles. The molecule has 0 saturated carbocycles. The highest BCUT2D eigenvalue weighted by atomic mass is 32.1. The number of hydrogen-bond donors (Lipinski definition) is 0.